The Morgan fingerprint density at radius 3 is 2.72 bits per heavy atom. The number of hydrogen-bond donors (Lipinski definition) is 1. The molecule has 1 aliphatic rings. The number of rotatable bonds is 5. The second kappa shape index (κ2) is 6.53. The van der Waals surface area contributed by atoms with Gasteiger partial charge in [0.1, 0.15) is 0 Å². The minimum Gasteiger partial charge on any atom is -0.369 e. The fourth-order valence-corrected chi connectivity index (χ4v) is 2.43. The third kappa shape index (κ3) is 5.36. The van der Waals surface area contributed by atoms with Gasteiger partial charge in [-0.3, -0.25) is 4.79 Å². The highest BCUT2D eigenvalue weighted by atomic mass is 16.5. The predicted octanol–water partition coefficient (Wildman–Crippen LogP) is 1.79. The van der Waals surface area contributed by atoms with E-state index in [1.807, 2.05) is 25.7 Å². The minimum atomic E-state index is -0.219. The molecule has 0 radical (unpaired) electrons. The van der Waals surface area contributed by atoms with E-state index in [2.05, 4.69) is 19.2 Å². The average Bonchev–Trinajstić information content (AvgIpc) is 2.20. The van der Waals surface area contributed by atoms with Gasteiger partial charge < -0.3 is 15.0 Å². The molecule has 4 heteroatoms. The van der Waals surface area contributed by atoms with Crippen LogP contribution in [0.1, 0.15) is 47.5 Å². The summed E-state index contributed by atoms with van der Waals surface area (Å²) in [6.45, 7) is 12.7. The molecule has 1 heterocycles. The van der Waals surface area contributed by atoms with Crippen LogP contribution in [-0.2, 0) is 9.53 Å². The summed E-state index contributed by atoms with van der Waals surface area (Å²) in [6.07, 6.45) is 1.66. The van der Waals surface area contributed by atoms with Gasteiger partial charge in [-0.05, 0) is 33.7 Å². The van der Waals surface area contributed by atoms with Gasteiger partial charge in [0.05, 0.1) is 11.7 Å². The standard InChI is InChI=1S/C14H28N2O2/c1-11(2)15-8-6-7-13(17)16-9-12(3)18-14(4,5)10-16/h11-12,15H,6-10H2,1-5H3. The molecule has 0 saturated carbocycles. The second-order valence-electron chi connectivity index (χ2n) is 6.17. The van der Waals surface area contributed by atoms with Crippen molar-refractivity contribution in [2.45, 2.75) is 65.2 Å². The lowest BCUT2D eigenvalue weighted by Crippen LogP contribution is -2.53. The van der Waals surface area contributed by atoms with E-state index in [1.165, 1.54) is 0 Å². The smallest absolute Gasteiger partial charge is 0.222 e. The molecular weight excluding hydrogens is 228 g/mol. The second-order valence-corrected chi connectivity index (χ2v) is 6.17. The van der Waals surface area contributed by atoms with Gasteiger partial charge in [0.2, 0.25) is 5.91 Å². The van der Waals surface area contributed by atoms with Gasteiger partial charge >= 0.3 is 0 Å². The van der Waals surface area contributed by atoms with Crippen molar-refractivity contribution in [3.8, 4) is 0 Å². The molecule has 1 fully saturated rings. The highest BCUT2D eigenvalue weighted by molar-refractivity contribution is 5.76. The first-order valence-corrected chi connectivity index (χ1v) is 6.99. The Hall–Kier alpha value is -0.610. The Morgan fingerprint density at radius 2 is 2.17 bits per heavy atom. The molecule has 1 N–H and O–H groups in total. The van der Waals surface area contributed by atoms with E-state index in [-0.39, 0.29) is 17.6 Å². The molecule has 0 bridgehead atoms. The number of carbonyl (C=O) groups excluding carboxylic acids is 1. The van der Waals surface area contributed by atoms with E-state index in [0.29, 0.717) is 19.0 Å². The molecule has 0 spiro atoms. The molecule has 18 heavy (non-hydrogen) atoms. The average molecular weight is 256 g/mol. The Kier molecular flexibility index (Phi) is 5.60. The number of nitrogens with zero attached hydrogens (tertiary/aromatic N) is 1. The van der Waals surface area contributed by atoms with Crippen molar-refractivity contribution >= 4 is 5.91 Å². The zero-order valence-corrected chi connectivity index (χ0v) is 12.5. The summed E-state index contributed by atoms with van der Waals surface area (Å²) in [4.78, 5) is 14.1. The fraction of sp³-hybridized carbons (Fsp3) is 0.929. The molecular formula is C14H28N2O2. The summed E-state index contributed by atoms with van der Waals surface area (Å²) in [5.74, 6) is 0.254. The van der Waals surface area contributed by atoms with Gasteiger partial charge in [0, 0.05) is 25.6 Å². The highest BCUT2D eigenvalue weighted by Crippen LogP contribution is 2.21. The highest BCUT2D eigenvalue weighted by Gasteiger charge is 2.33. The molecule has 1 atom stereocenters. The van der Waals surface area contributed by atoms with Crippen molar-refractivity contribution in [3.63, 3.8) is 0 Å². The van der Waals surface area contributed by atoms with Crippen LogP contribution < -0.4 is 5.32 Å². The van der Waals surface area contributed by atoms with Crippen molar-refractivity contribution < 1.29 is 9.53 Å². The molecule has 1 rings (SSSR count). The van der Waals surface area contributed by atoms with Crippen LogP contribution in [0.2, 0.25) is 0 Å². The lowest BCUT2D eigenvalue weighted by molar-refractivity contribution is -0.158. The zero-order chi connectivity index (χ0) is 13.8. The Labute approximate surface area is 111 Å². The number of ether oxygens (including phenoxy) is 1. The topological polar surface area (TPSA) is 41.6 Å². The van der Waals surface area contributed by atoms with Gasteiger partial charge in [-0.1, -0.05) is 13.8 Å². The van der Waals surface area contributed by atoms with Gasteiger partial charge in [-0.2, -0.15) is 0 Å². The van der Waals surface area contributed by atoms with Crippen LogP contribution in [0.3, 0.4) is 0 Å². The quantitative estimate of drug-likeness (QED) is 0.763. The first kappa shape index (κ1) is 15.4. The van der Waals surface area contributed by atoms with E-state index >= 15 is 0 Å². The number of hydrogen-bond acceptors (Lipinski definition) is 3. The van der Waals surface area contributed by atoms with Gasteiger partial charge in [0.25, 0.3) is 0 Å². The lowest BCUT2D eigenvalue weighted by atomic mass is 10.0. The van der Waals surface area contributed by atoms with Crippen LogP contribution in [0, 0.1) is 0 Å². The molecule has 0 aliphatic carbocycles. The van der Waals surface area contributed by atoms with E-state index in [4.69, 9.17) is 4.74 Å². The van der Waals surface area contributed by atoms with Gasteiger partial charge in [0.15, 0.2) is 0 Å². The molecule has 4 nitrogen and oxygen atoms in total. The SMILES string of the molecule is CC(C)NCCCC(=O)N1CC(C)OC(C)(C)C1. The summed E-state index contributed by atoms with van der Waals surface area (Å²) in [6, 6.07) is 0.488. The molecule has 0 aromatic rings. The Balaban J connectivity index is 2.32. The molecule has 0 aromatic heterocycles. The number of carbonyl (C=O) groups is 1. The van der Waals surface area contributed by atoms with Crippen LogP contribution in [0.25, 0.3) is 0 Å². The number of morpholine rings is 1. The van der Waals surface area contributed by atoms with Gasteiger partial charge in [-0.15, -0.1) is 0 Å². The fourth-order valence-electron chi connectivity index (χ4n) is 2.43. The maximum absolute atomic E-state index is 12.1. The molecule has 1 saturated heterocycles. The van der Waals surface area contributed by atoms with E-state index in [0.717, 1.165) is 19.5 Å². The van der Waals surface area contributed by atoms with Crippen molar-refractivity contribution in [1.29, 1.82) is 0 Å². The first-order valence-electron chi connectivity index (χ1n) is 6.99. The number of amides is 1. The van der Waals surface area contributed by atoms with Crippen molar-refractivity contribution in [3.05, 3.63) is 0 Å². The Bertz CT molecular complexity index is 277. The van der Waals surface area contributed by atoms with Crippen LogP contribution in [-0.4, -0.2) is 48.2 Å². The molecule has 106 valence electrons. The maximum atomic E-state index is 12.1. The van der Waals surface area contributed by atoms with Crippen LogP contribution >= 0.6 is 0 Å². The molecule has 1 aliphatic heterocycles. The van der Waals surface area contributed by atoms with E-state index < -0.39 is 0 Å². The Morgan fingerprint density at radius 1 is 1.50 bits per heavy atom. The third-order valence-corrected chi connectivity index (χ3v) is 3.04. The van der Waals surface area contributed by atoms with Gasteiger partial charge in [-0.25, -0.2) is 0 Å². The van der Waals surface area contributed by atoms with Crippen molar-refractivity contribution in [2.75, 3.05) is 19.6 Å². The van der Waals surface area contributed by atoms with E-state index in [1.54, 1.807) is 0 Å². The molecule has 1 unspecified atom stereocenters. The van der Waals surface area contributed by atoms with Crippen LogP contribution in [0.5, 0.6) is 0 Å². The maximum Gasteiger partial charge on any atom is 0.222 e. The lowest BCUT2D eigenvalue weighted by Gasteiger charge is -2.41. The zero-order valence-electron chi connectivity index (χ0n) is 12.5. The van der Waals surface area contributed by atoms with E-state index in [9.17, 15) is 4.79 Å². The van der Waals surface area contributed by atoms with Crippen molar-refractivity contribution in [2.24, 2.45) is 0 Å². The monoisotopic (exact) mass is 256 g/mol. The largest absolute Gasteiger partial charge is 0.369 e. The molecule has 0 aromatic carbocycles. The summed E-state index contributed by atoms with van der Waals surface area (Å²) in [5.41, 5.74) is -0.219. The molecule has 1 amide bonds. The van der Waals surface area contributed by atoms with Crippen LogP contribution in [0.4, 0.5) is 0 Å². The predicted molar refractivity (Wildman–Crippen MR) is 73.6 cm³/mol. The summed E-state index contributed by atoms with van der Waals surface area (Å²) < 4.78 is 5.80. The number of nitrogens with one attached hydrogen (secondary N) is 1. The normalized spacial score (nSPS) is 23.4. The van der Waals surface area contributed by atoms with Crippen LogP contribution in [0.15, 0.2) is 0 Å². The third-order valence-electron chi connectivity index (χ3n) is 3.04. The first-order chi connectivity index (χ1) is 8.30. The minimum absolute atomic E-state index is 0.131. The van der Waals surface area contributed by atoms with Crippen molar-refractivity contribution in [1.82, 2.24) is 10.2 Å². The summed E-state index contributed by atoms with van der Waals surface area (Å²) in [7, 11) is 0. The summed E-state index contributed by atoms with van der Waals surface area (Å²) in [5, 5.41) is 3.33. The summed E-state index contributed by atoms with van der Waals surface area (Å²) >= 11 is 0.